The molecule has 0 fully saturated rings. The Bertz CT molecular complexity index is 484. The molecular weight excluding hydrogens is 296 g/mol. The number of aldehydes is 1. The first-order chi connectivity index (χ1) is 10.6. The third-order valence-electron chi connectivity index (χ3n) is 3.15. The number of carbonyl (C=O) groups is 2. The Morgan fingerprint density at radius 2 is 2.00 bits per heavy atom. The number of thioether (sulfide) groups is 1. The standard InChI is InChI=1S/C18H24O3S/c1-3-4-8-12-18(2,22-14-9-13-19)17(20)21-15-16-10-6-5-7-11-16/h5-8,10-13H,3-4,9,14-15H2,1-2H3/t18-/m0/s1. The van der Waals surface area contributed by atoms with Gasteiger partial charge in [-0.2, -0.15) is 0 Å². The van der Waals surface area contributed by atoms with Gasteiger partial charge in [0, 0.05) is 12.2 Å². The second-order valence-corrected chi connectivity index (χ2v) is 6.71. The van der Waals surface area contributed by atoms with Gasteiger partial charge in [0.2, 0.25) is 0 Å². The summed E-state index contributed by atoms with van der Waals surface area (Å²) in [6.07, 6.45) is 7.18. The largest absolute Gasteiger partial charge is 0.460 e. The first-order valence-electron chi connectivity index (χ1n) is 7.59. The highest BCUT2D eigenvalue weighted by Crippen LogP contribution is 2.29. The lowest BCUT2D eigenvalue weighted by Crippen LogP contribution is -2.32. The average Bonchev–Trinajstić information content (AvgIpc) is 2.54. The Hall–Kier alpha value is -1.55. The maximum Gasteiger partial charge on any atom is 0.326 e. The second-order valence-electron chi connectivity index (χ2n) is 5.16. The quantitative estimate of drug-likeness (QED) is 0.281. The molecule has 120 valence electrons. The first kappa shape index (κ1) is 18.5. The van der Waals surface area contributed by atoms with Crippen molar-refractivity contribution in [1.29, 1.82) is 0 Å². The van der Waals surface area contributed by atoms with E-state index in [1.54, 1.807) is 0 Å². The van der Waals surface area contributed by atoms with Crippen LogP contribution in [0, 0.1) is 0 Å². The summed E-state index contributed by atoms with van der Waals surface area (Å²) in [4.78, 5) is 22.9. The molecule has 0 heterocycles. The van der Waals surface area contributed by atoms with E-state index in [0.29, 0.717) is 12.2 Å². The summed E-state index contributed by atoms with van der Waals surface area (Å²) in [6.45, 7) is 4.21. The Kier molecular flexibility index (Phi) is 8.60. The fraction of sp³-hybridized carbons (Fsp3) is 0.444. The smallest absolute Gasteiger partial charge is 0.326 e. The summed E-state index contributed by atoms with van der Waals surface area (Å²) in [5, 5.41) is 0. The van der Waals surface area contributed by atoms with Crippen LogP contribution in [-0.4, -0.2) is 22.8 Å². The van der Waals surface area contributed by atoms with Gasteiger partial charge in [-0.25, -0.2) is 0 Å². The monoisotopic (exact) mass is 320 g/mol. The molecule has 0 bridgehead atoms. The molecule has 1 aromatic carbocycles. The van der Waals surface area contributed by atoms with Crippen molar-refractivity contribution in [2.24, 2.45) is 0 Å². The van der Waals surface area contributed by atoms with Crippen LogP contribution in [0.4, 0.5) is 0 Å². The normalized spacial score (nSPS) is 13.7. The van der Waals surface area contributed by atoms with E-state index >= 15 is 0 Å². The van der Waals surface area contributed by atoms with Gasteiger partial charge in [0.15, 0.2) is 0 Å². The molecule has 3 nitrogen and oxygen atoms in total. The van der Waals surface area contributed by atoms with Crippen LogP contribution in [0.2, 0.25) is 0 Å². The highest BCUT2D eigenvalue weighted by atomic mass is 32.2. The van der Waals surface area contributed by atoms with Gasteiger partial charge >= 0.3 is 5.97 Å². The predicted molar refractivity (Wildman–Crippen MR) is 91.8 cm³/mol. The molecule has 0 unspecified atom stereocenters. The molecule has 0 aliphatic rings. The van der Waals surface area contributed by atoms with E-state index in [1.165, 1.54) is 11.8 Å². The Morgan fingerprint density at radius 1 is 1.27 bits per heavy atom. The lowest BCUT2D eigenvalue weighted by molar-refractivity contribution is -0.146. The zero-order chi connectivity index (χ0) is 16.3. The van der Waals surface area contributed by atoms with Crippen LogP contribution in [0.15, 0.2) is 42.5 Å². The maximum atomic E-state index is 12.4. The van der Waals surface area contributed by atoms with E-state index in [2.05, 4.69) is 6.92 Å². The van der Waals surface area contributed by atoms with Crippen molar-refractivity contribution < 1.29 is 14.3 Å². The molecule has 0 amide bonds. The molecule has 1 atom stereocenters. The van der Waals surface area contributed by atoms with Crippen LogP contribution in [-0.2, 0) is 20.9 Å². The Morgan fingerprint density at radius 3 is 2.64 bits per heavy atom. The van der Waals surface area contributed by atoms with Crippen molar-refractivity contribution in [3.05, 3.63) is 48.0 Å². The molecule has 0 saturated carbocycles. The van der Waals surface area contributed by atoms with Crippen molar-refractivity contribution in [1.82, 2.24) is 0 Å². The second kappa shape index (κ2) is 10.2. The van der Waals surface area contributed by atoms with E-state index in [0.717, 1.165) is 24.7 Å². The summed E-state index contributed by atoms with van der Waals surface area (Å²) >= 11 is 1.45. The number of unbranched alkanes of at least 4 members (excludes halogenated alkanes) is 1. The average molecular weight is 320 g/mol. The van der Waals surface area contributed by atoms with E-state index < -0.39 is 4.75 Å². The third kappa shape index (κ3) is 6.48. The third-order valence-corrected chi connectivity index (χ3v) is 4.49. The molecule has 0 saturated heterocycles. The van der Waals surface area contributed by atoms with Crippen LogP contribution < -0.4 is 0 Å². The summed E-state index contributed by atoms with van der Waals surface area (Å²) in [5.74, 6) is 0.344. The van der Waals surface area contributed by atoms with E-state index in [9.17, 15) is 9.59 Å². The molecule has 4 heteroatoms. The van der Waals surface area contributed by atoms with E-state index in [-0.39, 0.29) is 12.6 Å². The van der Waals surface area contributed by atoms with Gasteiger partial charge in [-0.15, -0.1) is 11.8 Å². The minimum Gasteiger partial charge on any atom is -0.460 e. The van der Waals surface area contributed by atoms with Crippen LogP contribution in [0.25, 0.3) is 0 Å². The zero-order valence-electron chi connectivity index (χ0n) is 13.3. The molecule has 0 spiro atoms. The Labute approximate surface area is 137 Å². The molecular formula is C18H24O3S. The SMILES string of the molecule is CCCC=C[C@](C)(SCCC=O)C(=O)OCc1ccccc1. The number of rotatable bonds is 10. The summed E-state index contributed by atoms with van der Waals surface area (Å²) in [5.41, 5.74) is 0.966. The highest BCUT2D eigenvalue weighted by molar-refractivity contribution is 8.01. The molecule has 22 heavy (non-hydrogen) atoms. The Balaban J connectivity index is 2.66. The molecule has 1 rings (SSSR count). The van der Waals surface area contributed by atoms with Crippen LogP contribution in [0.5, 0.6) is 0 Å². The summed E-state index contributed by atoms with van der Waals surface area (Å²) in [7, 11) is 0. The van der Waals surface area contributed by atoms with Crippen LogP contribution in [0.1, 0.15) is 38.7 Å². The summed E-state index contributed by atoms with van der Waals surface area (Å²) in [6, 6.07) is 9.62. The molecule has 0 radical (unpaired) electrons. The van der Waals surface area contributed by atoms with Gasteiger partial charge in [-0.3, -0.25) is 4.79 Å². The van der Waals surface area contributed by atoms with Crippen molar-refractivity contribution in [3.63, 3.8) is 0 Å². The van der Waals surface area contributed by atoms with Gasteiger partial charge in [-0.05, 0) is 18.9 Å². The van der Waals surface area contributed by atoms with Gasteiger partial charge in [0.1, 0.15) is 17.6 Å². The fourth-order valence-electron chi connectivity index (χ4n) is 1.84. The minimum atomic E-state index is -0.743. The number of hydrogen-bond acceptors (Lipinski definition) is 4. The van der Waals surface area contributed by atoms with Gasteiger partial charge in [0.25, 0.3) is 0 Å². The fourth-order valence-corrected chi connectivity index (χ4v) is 2.84. The zero-order valence-corrected chi connectivity index (χ0v) is 14.1. The molecule has 0 aliphatic heterocycles. The van der Waals surface area contributed by atoms with E-state index in [4.69, 9.17) is 4.74 Å². The number of carbonyl (C=O) groups excluding carboxylic acids is 2. The highest BCUT2D eigenvalue weighted by Gasteiger charge is 2.32. The molecule has 0 N–H and O–H groups in total. The number of hydrogen-bond donors (Lipinski definition) is 0. The van der Waals surface area contributed by atoms with E-state index in [1.807, 2.05) is 49.4 Å². The lowest BCUT2D eigenvalue weighted by atomic mass is 10.1. The molecule has 0 aromatic heterocycles. The van der Waals surface area contributed by atoms with Crippen molar-refractivity contribution in [2.45, 2.75) is 44.5 Å². The number of benzene rings is 1. The van der Waals surface area contributed by atoms with Crippen LogP contribution >= 0.6 is 11.8 Å². The molecule has 1 aromatic rings. The minimum absolute atomic E-state index is 0.264. The number of allylic oxidation sites excluding steroid dienone is 1. The van der Waals surface area contributed by atoms with Gasteiger partial charge in [-0.1, -0.05) is 55.8 Å². The first-order valence-corrected chi connectivity index (χ1v) is 8.57. The predicted octanol–water partition coefficient (Wildman–Crippen LogP) is 4.17. The molecule has 0 aliphatic carbocycles. The van der Waals surface area contributed by atoms with Gasteiger partial charge in [0.05, 0.1) is 0 Å². The topological polar surface area (TPSA) is 43.4 Å². The number of ether oxygens (including phenoxy) is 1. The van der Waals surface area contributed by atoms with Crippen molar-refractivity contribution in [2.75, 3.05) is 5.75 Å². The summed E-state index contributed by atoms with van der Waals surface area (Å²) < 4.78 is 4.71. The number of esters is 1. The van der Waals surface area contributed by atoms with Crippen LogP contribution in [0.3, 0.4) is 0 Å². The maximum absolute atomic E-state index is 12.4. The van der Waals surface area contributed by atoms with Gasteiger partial charge < -0.3 is 9.53 Å². The lowest BCUT2D eigenvalue weighted by Gasteiger charge is -2.23. The van der Waals surface area contributed by atoms with Crippen molar-refractivity contribution >= 4 is 24.0 Å². The van der Waals surface area contributed by atoms with Crippen molar-refractivity contribution in [3.8, 4) is 0 Å².